The van der Waals surface area contributed by atoms with Crippen molar-refractivity contribution in [2.24, 2.45) is 0 Å². The van der Waals surface area contributed by atoms with Gasteiger partial charge < -0.3 is 4.90 Å². The van der Waals surface area contributed by atoms with Gasteiger partial charge in [-0.25, -0.2) is 9.67 Å². The van der Waals surface area contributed by atoms with Crippen LogP contribution in [0.5, 0.6) is 0 Å². The first-order valence-corrected chi connectivity index (χ1v) is 6.45. The van der Waals surface area contributed by atoms with Crippen molar-refractivity contribution in [3.8, 4) is 0 Å². The van der Waals surface area contributed by atoms with Crippen molar-refractivity contribution in [1.82, 2.24) is 25.0 Å². The van der Waals surface area contributed by atoms with Crippen LogP contribution in [0.15, 0.2) is 6.33 Å². The van der Waals surface area contributed by atoms with Crippen LogP contribution in [0.1, 0.15) is 33.0 Å². The molecule has 18 heavy (non-hydrogen) atoms. The van der Waals surface area contributed by atoms with Crippen molar-refractivity contribution >= 4 is 5.91 Å². The van der Waals surface area contributed by atoms with Gasteiger partial charge in [0, 0.05) is 20.1 Å². The summed E-state index contributed by atoms with van der Waals surface area (Å²) >= 11 is 0. The maximum Gasteiger partial charge on any atom is 0.239 e. The Bertz CT molecular complexity index is 376. The maximum atomic E-state index is 11.9. The molecule has 1 atom stereocenters. The van der Waals surface area contributed by atoms with Gasteiger partial charge in [0.2, 0.25) is 5.91 Å². The van der Waals surface area contributed by atoms with E-state index in [-0.39, 0.29) is 11.9 Å². The number of hydrogen-bond acceptors (Lipinski definition) is 4. The predicted octanol–water partition coefficient (Wildman–Crippen LogP) is 0.644. The maximum absolute atomic E-state index is 11.9. The minimum atomic E-state index is -0.207. The van der Waals surface area contributed by atoms with E-state index >= 15 is 0 Å². The van der Waals surface area contributed by atoms with Crippen molar-refractivity contribution in [1.29, 1.82) is 0 Å². The van der Waals surface area contributed by atoms with E-state index in [1.165, 1.54) is 0 Å². The van der Waals surface area contributed by atoms with Crippen LogP contribution in [0.25, 0.3) is 0 Å². The first-order chi connectivity index (χ1) is 8.60. The van der Waals surface area contributed by atoms with Crippen LogP contribution < -0.4 is 5.32 Å². The molecular formula is C12H23N5O. The summed E-state index contributed by atoms with van der Waals surface area (Å²) in [6, 6.07) is -0.207. The zero-order chi connectivity index (χ0) is 13.5. The summed E-state index contributed by atoms with van der Waals surface area (Å²) in [6.07, 6.45) is 2.57. The second-order valence-corrected chi connectivity index (χ2v) is 4.35. The Hall–Kier alpha value is -1.43. The molecule has 102 valence electrons. The predicted molar refractivity (Wildman–Crippen MR) is 69.9 cm³/mol. The normalized spacial score (nSPS) is 12.4. The van der Waals surface area contributed by atoms with E-state index in [2.05, 4.69) is 22.3 Å². The van der Waals surface area contributed by atoms with Crippen LogP contribution in [-0.2, 0) is 17.9 Å². The highest BCUT2D eigenvalue weighted by Crippen LogP contribution is 1.98. The fourth-order valence-electron chi connectivity index (χ4n) is 1.64. The molecule has 0 aromatic carbocycles. The number of carbonyl (C=O) groups is 1. The summed E-state index contributed by atoms with van der Waals surface area (Å²) in [6.45, 7) is 8.06. The Labute approximate surface area is 108 Å². The van der Waals surface area contributed by atoms with Crippen molar-refractivity contribution in [3.05, 3.63) is 12.2 Å². The molecule has 0 spiro atoms. The van der Waals surface area contributed by atoms with E-state index in [4.69, 9.17) is 0 Å². The van der Waals surface area contributed by atoms with Crippen LogP contribution in [0, 0.1) is 0 Å². The molecule has 0 radical (unpaired) electrons. The average molecular weight is 253 g/mol. The zero-order valence-corrected chi connectivity index (χ0v) is 11.7. The van der Waals surface area contributed by atoms with Gasteiger partial charge in [0.05, 0.1) is 12.6 Å². The summed E-state index contributed by atoms with van der Waals surface area (Å²) in [7, 11) is 1.81. The number of aryl methyl sites for hydroxylation is 1. The van der Waals surface area contributed by atoms with Gasteiger partial charge in [-0.3, -0.25) is 10.1 Å². The molecule has 6 heteroatoms. The molecule has 1 amide bonds. The van der Waals surface area contributed by atoms with Crippen LogP contribution in [0.4, 0.5) is 0 Å². The van der Waals surface area contributed by atoms with Gasteiger partial charge in [0.25, 0.3) is 0 Å². The third-order valence-electron chi connectivity index (χ3n) is 2.92. The molecule has 0 aliphatic rings. The first-order valence-electron chi connectivity index (χ1n) is 6.45. The van der Waals surface area contributed by atoms with Crippen molar-refractivity contribution < 1.29 is 4.79 Å². The largest absolute Gasteiger partial charge is 0.345 e. The van der Waals surface area contributed by atoms with Crippen molar-refractivity contribution in [2.45, 2.75) is 46.3 Å². The molecular weight excluding hydrogens is 230 g/mol. The summed E-state index contributed by atoms with van der Waals surface area (Å²) in [4.78, 5) is 17.8. The number of likely N-dealkylation sites (N-methyl/N-ethyl adjacent to an activating group) is 1. The van der Waals surface area contributed by atoms with E-state index < -0.39 is 0 Å². The Kier molecular flexibility index (Phi) is 5.77. The van der Waals surface area contributed by atoms with Crippen molar-refractivity contribution in [3.63, 3.8) is 0 Å². The van der Waals surface area contributed by atoms with E-state index in [0.29, 0.717) is 6.54 Å². The Balaban J connectivity index is 2.49. The molecule has 1 rings (SSSR count). The van der Waals surface area contributed by atoms with Gasteiger partial charge in [-0.1, -0.05) is 6.92 Å². The summed E-state index contributed by atoms with van der Waals surface area (Å²) in [5.41, 5.74) is 0. The van der Waals surface area contributed by atoms with Gasteiger partial charge in [-0.05, 0) is 20.3 Å². The van der Waals surface area contributed by atoms with E-state index in [0.717, 1.165) is 25.3 Å². The zero-order valence-electron chi connectivity index (χ0n) is 11.7. The van der Waals surface area contributed by atoms with E-state index in [1.54, 1.807) is 18.3 Å². The highest BCUT2D eigenvalue weighted by atomic mass is 16.2. The minimum Gasteiger partial charge on any atom is -0.345 e. The second-order valence-electron chi connectivity index (χ2n) is 4.35. The van der Waals surface area contributed by atoms with Gasteiger partial charge in [0.1, 0.15) is 12.2 Å². The molecule has 0 bridgehead atoms. The molecule has 1 N–H and O–H groups in total. The highest BCUT2D eigenvalue weighted by Gasteiger charge is 2.16. The summed E-state index contributed by atoms with van der Waals surface area (Å²) in [5, 5.41) is 7.33. The summed E-state index contributed by atoms with van der Waals surface area (Å²) < 4.78 is 1.87. The molecule has 0 fully saturated rings. The van der Waals surface area contributed by atoms with Gasteiger partial charge in [0.15, 0.2) is 0 Å². The number of nitrogens with zero attached hydrogens (tertiary/aromatic N) is 4. The smallest absolute Gasteiger partial charge is 0.239 e. The van der Waals surface area contributed by atoms with E-state index in [9.17, 15) is 4.79 Å². The average Bonchev–Trinajstić information content (AvgIpc) is 2.82. The van der Waals surface area contributed by atoms with Gasteiger partial charge in [-0.2, -0.15) is 5.10 Å². The molecule has 1 aromatic rings. The van der Waals surface area contributed by atoms with Crippen LogP contribution >= 0.6 is 0 Å². The number of rotatable bonds is 7. The fraction of sp³-hybridized carbons (Fsp3) is 0.750. The fourth-order valence-corrected chi connectivity index (χ4v) is 1.64. The SMILES string of the molecule is CCCn1ncnc1CNC(C)C(=O)N(C)CC. The topological polar surface area (TPSA) is 63.1 Å². The molecule has 0 aliphatic carbocycles. The van der Waals surface area contributed by atoms with Crippen LogP contribution in [0.2, 0.25) is 0 Å². The quantitative estimate of drug-likeness (QED) is 0.775. The Morgan fingerprint density at radius 1 is 1.56 bits per heavy atom. The van der Waals surface area contributed by atoms with Crippen LogP contribution in [0.3, 0.4) is 0 Å². The Morgan fingerprint density at radius 3 is 2.89 bits per heavy atom. The minimum absolute atomic E-state index is 0.0963. The monoisotopic (exact) mass is 253 g/mol. The lowest BCUT2D eigenvalue weighted by atomic mass is 10.3. The third kappa shape index (κ3) is 3.80. The number of hydrogen-bond donors (Lipinski definition) is 1. The highest BCUT2D eigenvalue weighted by molar-refractivity contribution is 5.81. The summed E-state index contributed by atoms with van der Waals surface area (Å²) in [5.74, 6) is 0.967. The molecule has 1 unspecified atom stereocenters. The number of carbonyl (C=O) groups excluding carboxylic acids is 1. The number of aromatic nitrogens is 3. The number of amides is 1. The van der Waals surface area contributed by atoms with Crippen LogP contribution in [-0.4, -0.2) is 45.2 Å². The lowest BCUT2D eigenvalue weighted by Crippen LogP contribution is -2.43. The molecule has 0 saturated heterocycles. The Morgan fingerprint density at radius 2 is 2.28 bits per heavy atom. The third-order valence-corrected chi connectivity index (χ3v) is 2.92. The lowest BCUT2D eigenvalue weighted by Gasteiger charge is -2.20. The van der Waals surface area contributed by atoms with Gasteiger partial charge >= 0.3 is 0 Å². The van der Waals surface area contributed by atoms with Gasteiger partial charge in [-0.15, -0.1) is 0 Å². The first kappa shape index (κ1) is 14.6. The molecule has 0 aliphatic heterocycles. The number of nitrogens with one attached hydrogen (secondary N) is 1. The lowest BCUT2D eigenvalue weighted by molar-refractivity contribution is -0.131. The van der Waals surface area contributed by atoms with Crippen molar-refractivity contribution in [2.75, 3.05) is 13.6 Å². The second kappa shape index (κ2) is 7.10. The standard InChI is InChI=1S/C12H23N5O/c1-5-7-17-11(14-9-15-17)8-13-10(3)12(18)16(4)6-2/h9-10,13H,5-8H2,1-4H3. The molecule has 1 aromatic heterocycles. The van der Waals surface area contributed by atoms with E-state index in [1.807, 2.05) is 18.5 Å². The molecule has 1 heterocycles. The molecule has 6 nitrogen and oxygen atoms in total. The molecule has 0 saturated carbocycles.